The lowest BCUT2D eigenvalue weighted by molar-refractivity contribution is -0.118. The minimum absolute atomic E-state index is 0.0131. The minimum atomic E-state index is -0.469. The van der Waals surface area contributed by atoms with Gasteiger partial charge in [-0.25, -0.2) is 4.79 Å². The van der Waals surface area contributed by atoms with E-state index in [1.165, 1.54) is 6.92 Å². The van der Waals surface area contributed by atoms with Gasteiger partial charge in [0.1, 0.15) is 5.60 Å². The second-order valence-electron chi connectivity index (χ2n) is 4.83. The molecule has 0 aliphatic heterocycles. The van der Waals surface area contributed by atoms with E-state index in [1.54, 1.807) is 6.54 Å². The Hall–Kier alpha value is -1.26. The van der Waals surface area contributed by atoms with Crippen molar-refractivity contribution in [3.05, 3.63) is 6.54 Å². The Bertz CT molecular complexity index is 247. The molecular weight excluding hydrogens is 220 g/mol. The van der Waals surface area contributed by atoms with E-state index < -0.39 is 11.7 Å². The van der Waals surface area contributed by atoms with Gasteiger partial charge in [0, 0.05) is 13.5 Å². The first-order chi connectivity index (χ1) is 7.81. The summed E-state index contributed by atoms with van der Waals surface area (Å²) in [5, 5.41) is 5.28. The maximum atomic E-state index is 11.2. The Morgan fingerprint density at radius 2 is 1.88 bits per heavy atom. The van der Waals surface area contributed by atoms with Gasteiger partial charge >= 0.3 is 6.09 Å². The van der Waals surface area contributed by atoms with Gasteiger partial charge in [0.25, 0.3) is 0 Å². The fourth-order valence-electron chi connectivity index (χ4n) is 1.10. The first kappa shape index (κ1) is 15.7. The molecule has 0 fully saturated rings. The number of carbonyl (C=O) groups excluding carboxylic acids is 2. The van der Waals surface area contributed by atoms with E-state index in [0.717, 1.165) is 19.3 Å². The van der Waals surface area contributed by atoms with Gasteiger partial charge in [-0.05, 0) is 40.0 Å². The molecule has 5 heteroatoms. The van der Waals surface area contributed by atoms with E-state index in [1.807, 2.05) is 20.8 Å². The van der Waals surface area contributed by atoms with Gasteiger partial charge in [0.15, 0.2) is 0 Å². The molecule has 5 nitrogen and oxygen atoms in total. The van der Waals surface area contributed by atoms with E-state index in [2.05, 4.69) is 10.6 Å². The van der Waals surface area contributed by atoms with Gasteiger partial charge in [0.05, 0.1) is 6.54 Å². The van der Waals surface area contributed by atoms with Gasteiger partial charge in [-0.3, -0.25) is 4.79 Å². The molecule has 0 atom stereocenters. The molecular formula is C12H23N2O3. The van der Waals surface area contributed by atoms with Crippen molar-refractivity contribution < 1.29 is 14.3 Å². The number of hydrogen-bond acceptors (Lipinski definition) is 3. The number of ether oxygens (including phenoxy) is 1. The maximum absolute atomic E-state index is 11.2. The van der Waals surface area contributed by atoms with Crippen LogP contribution in [0.1, 0.15) is 47.0 Å². The van der Waals surface area contributed by atoms with E-state index in [4.69, 9.17) is 4.74 Å². The molecule has 0 aliphatic rings. The predicted octanol–water partition coefficient (Wildman–Crippen LogP) is 1.98. The lowest BCUT2D eigenvalue weighted by atomic mass is 10.2. The zero-order valence-electron chi connectivity index (χ0n) is 11.1. The van der Waals surface area contributed by atoms with Crippen molar-refractivity contribution in [3.63, 3.8) is 0 Å². The zero-order valence-corrected chi connectivity index (χ0v) is 11.1. The molecule has 0 bridgehead atoms. The molecule has 0 unspecified atom stereocenters. The third-order valence-corrected chi connectivity index (χ3v) is 1.77. The van der Waals surface area contributed by atoms with Crippen LogP contribution in [0, 0.1) is 6.54 Å². The third kappa shape index (κ3) is 12.7. The van der Waals surface area contributed by atoms with Gasteiger partial charge < -0.3 is 15.4 Å². The Labute approximate surface area is 103 Å². The molecule has 0 aromatic heterocycles. The average Bonchev–Trinajstić information content (AvgIpc) is 2.12. The van der Waals surface area contributed by atoms with Crippen molar-refractivity contribution in [1.29, 1.82) is 0 Å². The molecule has 17 heavy (non-hydrogen) atoms. The fourth-order valence-corrected chi connectivity index (χ4v) is 1.10. The highest BCUT2D eigenvalue weighted by Crippen LogP contribution is 2.06. The Balaban J connectivity index is 3.34. The van der Waals surface area contributed by atoms with Crippen molar-refractivity contribution >= 4 is 12.0 Å². The summed E-state index contributed by atoms with van der Waals surface area (Å²) in [6.07, 6.45) is 2.14. The average molecular weight is 243 g/mol. The predicted molar refractivity (Wildman–Crippen MR) is 66.2 cm³/mol. The molecule has 1 radical (unpaired) electrons. The SMILES string of the molecule is CC(=O)NCCCC[CH]NC(=O)OC(C)(C)C. The summed E-state index contributed by atoms with van der Waals surface area (Å²) in [6, 6.07) is 0. The lowest BCUT2D eigenvalue weighted by Gasteiger charge is -2.19. The first-order valence-electron chi connectivity index (χ1n) is 5.87. The summed E-state index contributed by atoms with van der Waals surface area (Å²) in [6.45, 7) is 9.31. The summed E-state index contributed by atoms with van der Waals surface area (Å²) in [4.78, 5) is 21.8. The lowest BCUT2D eigenvalue weighted by Crippen LogP contribution is -2.31. The van der Waals surface area contributed by atoms with E-state index >= 15 is 0 Å². The van der Waals surface area contributed by atoms with Crippen LogP contribution in [0.4, 0.5) is 4.79 Å². The van der Waals surface area contributed by atoms with Gasteiger partial charge in [-0.1, -0.05) is 0 Å². The molecule has 0 aliphatic carbocycles. The minimum Gasteiger partial charge on any atom is -0.444 e. The number of amides is 2. The molecule has 99 valence electrons. The largest absolute Gasteiger partial charge is 0.444 e. The normalized spacial score (nSPS) is 10.8. The second kappa shape index (κ2) is 7.92. The van der Waals surface area contributed by atoms with Crippen LogP contribution in [0.2, 0.25) is 0 Å². The van der Waals surface area contributed by atoms with E-state index in [9.17, 15) is 9.59 Å². The van der Waals surface area contributed by atoms with Crippen LogP contribution in [-0.4, -0.2) is 24.1 Å². The van der Waals surface area contributed by atoms with Crippen LogP contribution < -0.4 is 10.6 Å². The molecule has 0 saturated heterocycles. The van der Waals surface area contributed by atoms with Crippen LogP contribution in [0.25, 0.3) is 0 Å². The fraction of sp³-hybridized carbons (Fsp3) is 0.750. The van der Waals surface area contributed by atoms with Crippen molar-refractivity contribution in [2.45, 2.75) is 52.6 Å². The molecule has 0 spiro atoms. The van der Waals surface area contributed by atoms with Crippen molar-refractivity contribution in [3.8, 4) is 0 Å². The number of rotatable bonds is 6. The molecule has 0 saturated carbocycles. The highest BCUT2D eigenvalue weighted by molar-refractivity contribution is 5.72. The van der Waals surface area contributed by atoms with E-state index in [0.29, 0.717) is 6.54 Å². The number of hydrogen-bond donors (Lipinski definition) is 2. The second-order valence-corrected chi connectivity index (χ2v) is 4.83. The monoisotopic (exact) mass is 243 g/mol. The number of nitrogens with one attached hydrogen (secondary N) is 2. The van der Waals surface area contributed by atoms with Crippen molar-refractivity contribution in [1.82, 2.24) is 10.6 Å². The highest BCUT2D eigenvalue weighted by Gasteiger charge is 2.15. The van der Waals surface area contributed by atoms with Gasteiger partial charge in [-0.15, -0.1) is 0 Å². The third-order valence-electron chi connectivity index (χ3n) is 1.77. The summed E-state index contributed by atoms with van der Waals surface area (Å²) >= 11 is 0. The van der Waals surface area contributed by atoms with Crippen LogP contribution >= 0.6 is 0 Å². The van der Waals surface area contributed by atoms with Crippen LogP contribution in [0.3, 0.4) is 0 Å². The maximum Gasteiger partial charge on any atom is 0.407 e. The quantitative estimate of drug-likeness (QED) is 0.701. The number of unbranched alkanes of at least 4 members (excludes halogenated alkanes) is 2. The van der Waals surface area contributed by atoms with Crippen LogP contribution in [0.5, 0.6) is 0 Å². The Morgan fingerprint density at radius 3 is 2.41 bits per heavy atom. The van der Waals surface area contributed by atoms with E-state index in [-0.39, 0.29) is 5.91 Å². The van der Waals surface area contributed by atoms with Gasteiger partial charge in [0.2, 0.25) is 5.91 Å². The Morgan fingerprint density at radius 1 is 1.24 bits per heavy atom. The molecule has 0 heterocycles. The Kier molecular flexibility index (Phi) is 7.34. The topological polar surface area (TPSA) is 67.4 Å². The molecule has 2 amide bonds. The smallest absolute Gasteiger partial charge is 0.407 e. The highest BCUT2D eigenvalue weighted by atomic mass is 16.6. The molecule has 0 aromatic rings. The molecule has 0 aromatic carbocycles. The van der Waals surface area contributed by atoms with Gasteiger partial charge in [-0.2, -0.15) is 0 Å². The summed E-state index contributed by atoms with van der Waals surface area (Å²) in [7, 11) is 0. The van der Waals surface area contributed by atoms with Crippen LogP contribution in [0.15, 0.2) is 0 Å². The standard InChI is InChI=1S/C12H23N2O3/c1-10(15)13-8-6-5-7-9-14-11(16)17-12(2,3)4/h9H,5-8H2,1-4H3,(H,13,15)(H,14,16). The molecule has 0 rings (SSSR count). The van der Waals surface area contributed by atoms with Crippen molar-refractivity contribution in [2.24, 2.45) is 0 Å². The number of carbonyl (C=O) groups is 2. The number of alkyl carbamates (subject to hydrolysis) is 1. The van der Waals surface area contributed by atoms with Crippen LogP contribution in [-0.2, 0) is 9.53 Å². The zero-order chi connectivity index (χ0) is 13.3. The first-order valence-corrected chi connectivity index (χ1v) is 5.87. The van der Waals surface area contributed by atoms with Crippen molar-refractivity contribution in [2.75, 3.05) is 6.54 Å². The molecule has 2 N–H and O–H groups in total. The summed E-state index contributed by atoms with van der Waals surface area (Å²) in [5.74, 6) is -0.0131. The summed E-state index contributed by atoms with van der Waals surface area (Å²) in [5.41, 5.74) is -0.469. The summed E-state index contributed by atoms with van der Waals surface area (Å²) < 4.78 is 5.06.